The first-order valence-electron chi connectivity index (χ1n) is 3.95. The molecule has 0 spiro atoms. The summed E-state index contributed by atoms with van der Waals surface area (Å²) >= 11 is 0. The van der Waals surface area contributed by atoms with Gasteiger partial charge in [-0.1, -0.05) is 6.92 Å². The minimum absolute atomic E-state index is 0.366. The molecule has 0 fully saturated rings. The third-order valence-electron chi connectivity index (χ3n) is 1.62. The summed E-state index contributed by atoms with van der Waals surface area (Å²) in [5.74, 6) is 0.418. The van der Waals surface area contributed by atoms with Crippen molar-refractivity contribution in [3.63, 3.8) is 0 Å². The molecule has 13 heavy (non-hydrogen) atoms. The molecular formula is C9H10N4. The second-order valence-corrected chi connectivity index (χ2v) is 2.43. The van der Waals surface area contributed by atoms with Crippen LogP contribution in [0, 0.1) is 11.3 Å². The molecule has 2 N–H and O–H groups in total. The van der Waals surface area contributed by atoms with E-state index in [9.17, 15) is 0 Å². The van der Waals surface area contributed by atoms with Gasteiger partial charge in [0.2, 0.25) is 0 Å². The van der Waals surface area contributed by atoms with Crippen LogP contribution in [0.5, 0.6) is 0 Å². The summed E-state index contributed by atoms with van der Waals surface area (Å²) in [5.41, 5.74) is 6.58. The molecular weight excluding hydrogens is 164 g/mol. The van der Waals surface area contributed by atoms with Crippen molar-refractivity contribution in [3.05, 3.63) is 29.9 Å². The van der Waals surface area contributed by atoms with E-state index in [0.29, 0.717) is 23.5 Å². The van der Waals surface area contributed by atoms with E-state index in [1.807, 2.05) is 13.0 Å². The van der Waals surface area contributed by atoms with E-state index >= 15 is 0 Å². The molecule has 1 heterocycles. The van der Waals surface area contributed by atoms with Crippen LogP contribution in [0.15, 0.2) is 24.0 Å². The lowest BCUT2D eigenvalue weighted by atomic mass is 10.1. The Bertz CT molecular complexity index is 348. The molecule has 0 aromatic carbocycles. The fourth-order valence-electron chi connectivity index (χ4n) is 0.903. The van der Waals surface area contributed by atoms with Crippen LogP contribution in [-0.4, -0.2) is 9.97 Å². The largest absolute Gasteiger partial charge is 0.395 e. The Kier molecular flexibility index (Phi) is 2.98. The molecule has 66 valence electrons. The van der Waals surface area contributed by atoms with E-state index < -0.39 is 0 Å². The minimum atomic E-state index is 0.366. The molecule has 0 amide bonds. The molecule has 0 bridgehead atoms. The molecule has 1 rings (SSSR count). The number of rotatable bonds is 2. The number of nitriles is 1. The van der Waals surface area contributed by atoms with E-state index in [0.717, 1.165) is 0 Å². The first-order valence-corrected chi connectivity index (χ1v) is 3.95. The van der Waals surface area contributed by atoms with Crippen molar-refractivity contribution in [2.45, 2.75) is 13.3 Å². The zero-order valence-corrected chi connectivity index (χ0v) is 7.36. The van der Waals surface area contributed by atoms with Crippen molar-refractivity contribution in [2.75, 3.05) is 0 Å². The molecule has 0 aliphatic heterocycles. The van der Waals surface area contributed by atoms with Gasteiger partial charge in [0.1, 0.15) is 0 Å². The Morgan fingerprint density at radius 1 is 1.54 bits per heavy atom. The molecule has 0 saturated carbocycles. The molecule has 4 nitrogen and oxygen atoms in total. The van der Waals surface area contributed by atoms with Crippen molar-refractivity contribution in [3.8, 4) is 6.07 Å². The standard InChI is InChI=1S/C9H10N4/c1-2-7(6-10)8(11)9-12-4-3-5-13-9/h3-5H,2,11H2,1H3/b8-7-. The Morgan fingerprint density at radius 3 is 2.62 bits per heavy atom. The van der Waals surface area contributed by atoms with Crippen LogP contribution in [-0.2, 0) is 0 Å². The lowest BCUT2D eigenvalue weighted by molar-refractivity contribution is 1.07. The number of nitrogens with zero attached hydrogens (tertiary/aromatic N) is 3. The van der Waals surface area contributed by atoms with Crippen LogP contribution < -0.4 is 5.73 Å². The topological polar surface area (TPSA) is 75.6 Å². The van der Waals surface area contributed by atoms with Gasteiger partial charge >= 0.3 is 0 Å². The van der Waals surface area contributed by atoms with Gasteiger partial charge in [0, 0.05) is 12.4 Å². The number of aromatic nitrogens is 2. The predicted octanol–water partition coefficient (Wildman–Crippen LogP) is 1.08. The van der Waals surface area contributed by atoms with E-state index in [2.05, 4.69) is 9.97 Å². The number of allylic oxidation sites excluding steroid dienone is 1. The van der Waals surface area contributed by atoms with Crippen LogP contribution in [0.4, 0.5) is 0 Å². The maximum absolute atomic E-state index is 8.71. The van der Waals surface area contributed by atoms with Gasteiger partial charge in [-0.2, -0.15) is 5.26 Å². The monoisotopic (exact) mass is 174 g/mol. The fourth-order valence-corrected chi connectivity index (χ4v) is 0.903. The fraction of sp³-hybridized carbons (Fsp3) is 0.222. The van der Waals surface area contributed by atoms with E-state index in [4.69, 9.17) is 11.0 Å². The zero-order chi connectivity index (χ0) is 9.68. The highest BCUT2D eigenvalue weighted by atomic mass is 14.9. The molecule has 0 aliphatic carbocycles. The highest BCUT2D eigenvalue weighted by Crippen LogP contribution is 2.10. The van der Waals surface area contributed by atoms with E-state index in [-0.39, 0.29) is 0 Å². The van der Waals surface area contributed by atoms with Gasteiger partial charge in [-0.15, -0.1) is 0 Å². The number of hydrogen-bond acceptors (Lipinski definition) is 4. The van der Waals surface area contributed by atoms with Crippen LogP contribution in [0.1, 0.15) is 19.2 Å². The normalized spacial score (nSPS) is 11.7. The average Bonchev–Trinajstić information content (AvgIpc) is 2.21. The van der Waals surface area contributed by atoms with Crippen LogP contribution >= 0.6 is 0 Å². The Balaban J connectivity index is 3.11. The number of nitrogens with two attached hydrogens (primary N) is 1. The third-order valence-corrected chi connectivity index (χ3v) is 1.62. The van der Waals surface area contributed by atoms with Gasteiger partial charge in [-0.25, -0.2) is 9.97 Å². The molecule has 1 aromatic rings. The number of hydrogen-bond donors (Lipinski definition) is 1. The average molecular weight is 174 g/mol. The smallest absolute Gasteiger partial charge is 0.176 e. The van der Waals surface area contributed by atoms with Gasteiger partial charge in [-0.3, -0.25) is 0 Å². The van der Waals surface area contributed by atoms with Crippen molar-refractivity contribution in [1.29, 1.82) is 5.26 Å². The van der Waals surface area contributed by atoms with Gasteiger partial charge in [0.05, 0.1) is 17.3 Å². The van der Waals surface area contributed by atoms with Gasteiger partial charge in [-0.05, 0) is 12.5 Å². The molecule has 1 aromatic heterocycles. The summed E-state index contributed by atoms with van der Waals surface area (Å²) in [5, 5.41) is 8.71. The van der Waals surface area contributed by atoms with Crippen molar-refractivity contribution >= 4 is 5.70 Å². The maximum Gasteiger partial charge on any atom is 0.176 e. The predicted molar refractivity (Wildman–Crippen MR) is 49.0 cm³/mol. The minimum Gasteiger partial charge on any atom is -0.395 e. The molecule has 0 radical (unpaired) electrons. The highest BCUT2D eigenvalue weighted by molar-refractivity contribution is 5.63. The summed E-state index contributed by atoms with van der Waals surface area (Å²) in [7, 11) is 0. The molecule has 0 aliphatic rings. The maximum atomic E-state index is 8.71. The summed E-state index contributed by atoms with van der Waals surface area (Å²) in [6, 6.07) is 3.73. The lowest BCUT2D eigenvalue weighted by Crippen LogP contribution is -2.04. The summed E-state index contributed by atoms with van der Waals surface area (Å²) in [6.07, 6.45) is 3.79. The SMILES string of the molecule is CC/C(C#N)=C(/N)c1ncccn1. The van der Waals surface area contributed by atoms with Gasteiger partial charge in [0.25, 0.3) is 0 Å². The zero-order valence-electron chi connectivity index (χ0n) is 7.36. The quantitative estimate of drug-likeness (QED) is 0.680. The van der Waals surface area contributed by atoms with Crippen molar-refractivity contribution < 1.29 is 0 Å². The Hall–Kier alpha value is -1.89. The molecule has 0 atom stereocenters. The summed E-state index contributed by atoms with van der Waals surface area (Å²) < 4.78 is 0. The van der Waals surface area contributed by atoms with E-state index in [1.54, 1.807) is 18.5 Å². The highest BCUT2D eigenvalue weighted by Gasteiger charge is 2.04. The van der Waals surface area contributed by atoms with Crippen molar-refractivity contribution in [2.24, 2.45) is 5.73 Å². The lowest BCUT2D eigenvalue weighted by Gasteiger charge is -2.00. The molecule has 0 saturated heterocycles. The molecule has 4 heteroatoms. The second kappa shape index (κ2) is 4.21. The van der Waals surface area contributed by atoms with Crippen molar-refractivity contribution in [1.82, 2.24) is 9.97 Å². The van der Waals surface area contributed by atoms with Crippen LogP contribution in [0.3, 0.4) is 0 Å². The molecule has 0 unspecified atom stereocenters. The Morgan fingerprint density at radius 2 is 2.15 bits per heavy atom. The van der Waals surface area contributed by atoms with Crippen LogP contribution in [0.25, 0.3) is 5.70 Å². The second-order valence-electron chi connectivity index (χ2n) is 2.43. The first kappa shape index (κ1) is 9.20. The summed E-state index contributed by atoms with van der Waals surface area (Å²) in [4.78, 5) is 7.90. The Labute approximate surface area is 76.7 Å². The first-order chi connectivity index (χ1) is 6.29. The van der Waals surface area contributed by atoms with E-state index in [1.165, 1.54) is 0 Å². The van der Waals surface area contributed by atoms with Gasteiger partial charge in [0.15, 0.2) is 5.82 Å². The van der Waals surface area contributed by atoms with Crippen LogP contribution in [0.2, 0.25) is 0 Å². The van der Waals surface area contributed by atoms with Gasteiger partial charge < -0.3 is 5.73 Å². The third kappa shape index (κ3) is 2.03. The summed E-state index contributed by atoms with van der Waals surface area (Å²) in [6.45, 7) is 1.87.